The van der Waals surface area contributed by atoms with Crippen LogP contribution in [0.4, 0.5) is 0 Å². The van der Waals surface area contributed by atoms with Gasteiger partial charge in [0.1, 0.15) is 24.2 Å². The maximum atomic E-state index is 12.9. The van der Waals surface area contributed by atoms with Crippen LogP contribution in [0.2, 0.25) is 0 Å². The molecule has 0 aromatic heterocycles. The van der Waals surface area contributed by atoms with Gasteiger partial charge in [-0.2, -0.15) is 0 Å². The highest BCUT2D eigenvalue weighted by atomic mass is 16.4. The number of amides is 3. The largest absolute Gasteiger partial charge is 0.480 e. The van der Waals surface area contributed by atoms with E-state index in [-0.39, 0.29) is 12.8 Å². The summed E-state index contributed by atoms with van der Waals surface area (Å²) in [5, 5.41) is 35.4. The van der Waals surface area contributed by atoms with E-state index in [1.54, 1.807) is 60.7 Å². The molecule has 2 rings (SSSR count). The van der Waals surface area contributed by atoms with Crippen LogP contribution < -0.4 is 21.7 Å². The average molecular weight is 487 g/mol. The Morgan fingerprint density at radius 3 is 1.54 bits per heavy atom. The van der Waals surface area contributed by atoms with Gasteiger partial charge in [-0.3, -0.25) is 14.4 Å². The summed E-state index contributed by atoms with van der Waals surface area (Å²) in [6.45, 7) is -1.44. The summed E-state index contributed by atoms with van der Waals surface area (Å²) in [7, 11) is 0. The zero-order chi connectivity index (χ0) is 25.8. The quantitative estimate of drug-likeness (QED) is 0.175. The van der Waals surface area contributed by atoms with Gasteiger partial charge in [-0.1, -0.05) is 60.7 Å². The number of aliphatic hydroxyl groups is 2. The Kier molecular flexibility index (Phi) is 10.8. The standard InChI is InChI=1S/C24H30N4O7/c25-17(13-29)21(31)26-18(11-15-7-3-1-4-8-15)22(32)28-20(14-30)23(33)27-19(24(34)35)12-16-9-5-2-6-10-16/h1-10,17-20,29-30H,11-14,25H2,(H,26,31)(H,27,33)(H,28,32)(H,34,35). The first-order valence-corrected chi connectivity index (χ1v) is 10.9. The van der Waals surface area contributed by atoms with Crippen molar-refractivity contribution in [3.05, 3.63) is 71.8 Å². The van der Waals surface area contributed by atoms with E-state index < -0.39 is 61.1 Å². The highest BCUT2D eigenvalue weighted by molar-refractivity contribution is 5.94. The monoisotopic (exact) mass is 486 g/mol. The van der Waals surface area contributed by atoms with Crippen molar-refractivity contribution in [3.8, 4) is 0 Å². The number of carboxylic acid groups (broad SMARTS) is 1. The highest BCUT2D eigenvalue weighted by Crippen LogP contribution is 2.06. The molecule has 4 unspecified atom stereocenters. The Morgan fingerprint density at radius 2 is 1.09 bits per heavy atom. The van der Waals surface area contributed by atoms with E-state index in [1.165, 1.54) is 0 Å². The Hall–Kier alpha value is -3.80. The first-order chi connectivity index (χ1) is 16.7. The zero-order valence-electron chi connectivity index (χ0n) is 19.0. The van der Waals surface area contributed by atoms with Crippen molar-refractivity contribution in [2.45, 2.75) is 37.0 Å². The van der Waals surface area contributed by atoms with Crippen LogP contribution in [0.3, 0.4) is 0 Å². The molecule has 0 saturated carbocycles. The van der Waals surface area contributed by atoms with Crippen LogP contribution in [-0.2, 0) is 32.0 Å². The summed E-state index contributed by atoms with van der Waals surface area (Å²) in [4.78, 5) is 49.5. The number of carboxylic acids is 1. The summed E-state index contributed by atoms with van der Waals surface area (Å²) in [6, 6.07) is 12.2. The number of aliphatic hydroxyl groups excluding tert-OH is 2. The van der Waals surface area contributed by atoms with E-state index >= 15 is 0 Å². The minimum Gasteiger partial charge on any atom is -0.480 e. The molecule has 35 heavy (non-hydrogen) atoms. The normalized spacial score (nSPS) is 14.1. The van der Waals surface area contributed by atoms with Gasteiger partial charge in [0.25, 0.3) is 0 Å². The first-order valence-electron chi connectivity index (χ1n) is 10.9. The molecule has 3 amide bonds. The number of nitrogens with one attached hydrogen (secondary N) is 3. The molecular weight excluding hydrogens is 456 g/mol. The van der Waals surface area contributed by atoms with E-state index in [4.69, 9.17) is 10.8 Å². The molecule has 2 aromatic carbocycles. The number of benzene rings is 2. The summed E-state index contributed by atoms with van der Waals surface area (Å²) in [5.41, 5.74) is 6.90. The summed E-state index contributed by atoms with van der Waals surface area (Å²) in [6.07, 6.45) is 0.0435. The second-order valence-corrected chi connectivity index (χ2v) is 7.87. The topological polar surface area (TPSA) is 191 Å². The first kappa shape index (κ1) is 27.4. The predicted octanol–water partition coefficient (Wildman–Crippen LogP) is -1.68. The SMILES string of the molecule is NC(CO)C(=O)NC(Cc1ccccc1)C(=O)NC(CO)C(=O)NC(Cc1ccccc1)C(=O)O. The van der Waals surface area contributed by atoms with E-state index in [1.807, 2.05) is 0 Å². The fourth-order valence-corrected chi connectivity index (χ4v) is 3.21. The molecule has 188 valence electrons. The van der Waals surface area contributed by atoms with Gasteiger partial charge >= 0.3 is 5.97 Å². The van der Waals surface area contributed by atoms with Gasteiger partial charge < -0.3 is 37.0 Å². The molecule has 8 N–H and O–H groups in total. The number of hydrogen-bond donors (Lipinski definition) is 7. The van der Waals surface area contributed by atoms with E-state index in [2.05, 4.69) is 16.0 Å². The van der Waals surface area contributed by atoms with Crippen molar-refractivity contribution in [1.29, 1.82) is 0 Å². The van der Waals surface area contributed by atoms with E-state index in [9.17, 15) is 29.4 Å². The molecule has 0 spiro atoms. The summed E-state index contributed by atoms with van der Waals surface area (Å²) in [5.74, 6) is -3.75. The second kappa shape index (κ2) is 13.8. The summed E-state index contributed by atoms with van der Waals surface area (Å²) < 4.78 is 0. The van der Waals surface area contributed by atoms with Gasteiger partial charge in [-0.25, -0.2) is 4.79 Å². The lowest BCUT2D eigenvalue weighted by molar-refractivity contribution is -0.142. The van der Waals surface area contributed by atoms with Crippen LogP contribution in [0.15, 0.2) is 60.7 Å². The summed E-state index contributed by atoms with van der Waals surface area (Å²) >= 11 is 0. The second-order valence-electron chi connectivity index (χ2n) is 7.87. The fourth-order valence-electron chi connectivity index (χ4n) is 3.21. The molecule has 0 saturated heterocycles. The van der Waals surface area contributed by atoms with E-state index in [0.717, 1.165) is 0 Å². The maximum Gasteiger partial charge on any atom is 0.326 e. The highest BCUT2D eigenvalue weighted by Gasteiger charge is 2.30. The van der Waals surface area contributed by atoms with Gasteiger partial charge in [0.05, 0.1) is 13.2 Å². The third-order valence-electron chi connectivity index (χ3n) is 5.16. The minimum absolute atomic E-state index is 0.000252. The number of carbonyl (C=O) groups excluding carboxylic acids is 3. The molecule has 0 aliphatic carbocycles. The van der Waals surface area contributed by atoms with Gasteiger partial charge in [0.15, 0.2) is 0 Å². The maximum absolute atomic E-state index is 12.9. The third-order valence-corrected chi connectivity index (χ3v) is 5.16. The van der Waals surface area contributed by atoms with Crippen LogP contribution in [0.25, 0.3) is 0 Å². The van der Waals surface area contributed by atoms with Crippen LogP contribution >= 0.6 is 0 Å². The number of carbonyl (C=O) groups is 4. The third kappa shape index (κ3) is 8.81. The number of rotatable bonds is 13. The molecule has 0 radical (unpaired) electrons. The molecule has 11 nitrogen and oxygen atoms in total. The fraction of sp³-hybridized carbons (Fsp3) is 0.333. The Bertz CT molecular complexity index is 988. The van der Waals surface area contributed by atoms with Crippen molar-refractivity contribution in [3.63, 3.8) is 0 Å². The van der Waals surface area contributed by atoms with Gasteiger partial charge in [0, 0.05) is 12.8 Å². The van der Waals surface area contributed by atoms with Crippen LogP contribution in [-0.4, -0.2) is 76.4 Å². The molecule has 0 aliphatic heterocycles. The number of hydrogen-bond acceptors (Lipinski definition) is 7. The Balaban J connectivity index is 2.11. The lowest BCUT2D eigenvalue weighted by atomic mass is 10.0. The van der Waals surface area contributed by atoms with Gasteiger partial charge in [-0.05, 0) is 11.1 Å². The van der Waals surface area contributed by atoms with Gasteiger partial charge in [-0.15, -0.1) is 0 Å². The smallest absolute Gasteiger partial charge is 0.326 e. The molecule has 0 heterocycles. The molecule has 0 fully saturated rings. The Labute approximate surface area is 202 Å². The van der Waals surface area contributed by atoms with Gasteiger partial charge in [0.2, 0.25) is 17.7 Å². The van der Waals surface area contributed by atoms with Crippen molar-refractivity contribution in [2.24, 2.45) is 5.73 Å². The van der Waals surface area contributed by atoms with Crippen LogP contribution in [0.1, 0.15) is 11.1 Å². The number of aliphatic carboxylic acids is 1. The lowest BCUT2D eigenvalue weighted by Crippen LogP contribution is -2.59. The molecule has 0 bridgehead atoms. The van der Waals surface area contributed by atoms with Crippen LogP contribution in [0.5, 0.6) is 0 Å². The average Bonchev–Trinajstić information content (AvgIpc) is 2.86. The molecular formula is C24H30N4O7. The predicted molar refractivity (Wildman–Crippen MR) is 126 cm³/mol. The van der Waals surface area contributed by atoms with Crippen LogP contribution in [0, 0.1) is 0 Å². The van der Waals surface area contributed by atoms with Crippen molar-refractivity contribution < 1.29 is 34.5 Å². The Morgan fingerprint density at radius 1 is 0.657 bits per heavy atom. The van der Waals surface area contributed by atoms with Crippen molar-refractivity contribution >= 4 is 23.7 Å². The van der Waals surface area contributed by atoms with Crippen molar-refractivity contribution in [1.82, 2.24) is 16.0 Å². The molecule has 2 aromatic rings. The molecule has 11 heteroatoms. The lowest BCUT2D eigenvalue weighted by Gasteiger charge is -2.24. The van der Waals surface area contributed by atoms with Crippen molar-refractivity contribution in [2.75, 3.05) is 13.2 Å². The molecule has 0 aliphatic rings. The van der Waals surface area contributed by atoms with E-state index in [0.29, 0.717) is 11.1 Å². The zero-order valence-corrected chi connectivity index (χ0v) is 19.0. The minimum atomic E-state index is -1.47. The molecule has 4 atom stereocenters. The number of nitrogens with two attached hydrogens (primary N) is 1.